The molecule has 0 aliphatic heterocycles. The molecule has 84 valence electrons. The van der Waals surface area contributed by atoms with Gasteiger partial charge in [-0.25, -0.2) is 4.99 Å². The predicted octanol–water partition coefficient (Wildman–Crippen LogP) is 2.43. The maximum absolute atomic E-state index is 5.76. The highest BCUT2D eigenvalue weighted by atomic mass is 32.1. The van der Waals surface area contributed by atoms with Crippen LogP contribution in [0.3, 0.4) is 0 Å². The van der Waals surface area contributed by atoms with Gasteiger partial charge in [0.05, 0.1) is 6.04 Å². The molecule has 1 aromatic heterocycles. The molecule has 0 fully saturated rings. The molecule has 3 nitrogen and oxygen atoms in total. The van der Waals surface area contributed by atoms with Crippen LogP contribution in [-0.4, -0.2) is 12.0 Å². The van der Waals surface area contributed by atoms with Crippen molar-refractivity contribution in [1.82, 2.24) is 5.32 Å². The molecule has 3 N–H and O–H groups in total. The Morgan fingerprint density at radius 2 is 2.07 bits per heavy atom. The summed E-state index contributed by atoms with van der Waals surface area (Å²) in [5, 5.41) is 3.08. The highest BCUT2D eigenvalue weighted by Crippen LogP contribution is 2.24. The molecule has 0 aromatic carbocycles. The van der Waals surface area contributed by atoms with Crippen molar-refractivity contribution in [2.45, 2.75) is 39.8 Å². The zero-order valence-corrected chi connectivity index (χ0v) is 10.6. The van der Waals surface area contributed by atoms with E-state index in [1.165, 1.54) is 9.75 Å². The average Bonchev–Trinajstić information content (AvgIpc) is 2.49. The van der Waals surface area contributed by atoms with Gasteiger partial charge in [0.2, 0.25) is 0 Å². The molecule has 0 bridgehead atoms. The first kappa shape index (κ1) is 12.0. The van der Waals surface area contributed by atoms with Gasteiger partial charge in [0.15, 0.2) is 5.96 Å². The summed E-state index contributed by atoms with van der Waals surface area (Å²) in [6, 6.07) is 4.68. The normalized spacial score (nSPS) is 14.3. The Bertz CT molecular complexity index is 341. The van der Waals surface area contributed by atoms with Gasteiger partial charge in [0.1, 0.15) is 0 Å². The van der Waals surface area contributed by atoms with Gasteiger partial charge >= 0.3 is 0 Å². The third-order valence-electron chi connectivity index (χ3n) is 1.94. The maximum Gasteiger partial charge on any atom is 0.189 e. The number of rotatable bonds is 3. The lowest BCUT2D eigenvalue weighted by atomic mass is 10.3. The molecule has 4 heteroatoms. The molecule has 0 saturated carbocycles. The number of nitrogens with zero attached hydrogens (tertiary/aromatic N) is 1. The molecule has 0 radical (unpaired) electrons. The lowest BCUT2D eigenvalue weighted by Crippen LogP contribution is -2.36. The SMILES string of the molecule is Cc1ccc(C(C)N=C(N)NC(C)C)s1. The van der Waals surface area contributed by atoms with E-state index in [1.807, 2.05) is 13.8 Å². The number of aryl methyl sites for hydroxylation is 1. The van der Waals surface area contributed by atoms with Crippen LogP contribution < -0.4 is 11.1 Å². The number of aliphatic imine (C=N–C) groups is 1. The Kier molecular flexibility index (Phi) is 4.15. The lowest BCUT2D eigenvalue weighted by molar-refractivity contribution is 0.713. The van der Waals surface area contributed by atoms with Crippen molar-refractivity contribution in [3.05, 3.63) is 21.9 Å². The second-order valence-corrected chi connectivity index (χ2v) is 5.26. The van der Waals surface area contributed by atoms with Gasteiger partial charge in [0, 0.05) is 15.8 Å². The van der Waals surface area contributed by atoms with Gasteiger partial charge in [-0.2, -0.15) is 0 Å². The molecule has 0 aliphatic rings. The third kappa shape index (κ3) is 3.91. The van der Waals surface area contributed by atoms with E-state index < -0.39 is 0 Å². The first-order valence-electron chi connectivity index (χ1n) is 5.15. The maximum atomic E-state index is 5.76. The summed E-state index contributed by atoms with van der Waals surface area (Å²) in [4.78, 5) is 6.95. The Morgan fingerprint density at radius 1 is 1.40 bits per heavy atom. The highest BCUT2D eigenvalue weighted by molar-refractivity contribution is 7.12. The second-order valence-electron chi connectivity index (χ2n) is 3.94. The molecule has 1 atom stereocenters. The minimum Gasteiger partial charge on any atom is -0.370 e. The van der Waals surface area contributed by atoms with Gasteiger partial charge in [-0.05, 0) is 39.8 Å². The molecule has 0 spiro atoms. The standard InChI is InChI=1S/C11H19N3S/c1-7(2)13-11(12)14-9(4)10-6-5-8(3)15-10/h5-7,9H,1-4H3,(H3,12,13,14). The largest absolute Gasteiger partial charge is 0.370 e. The fourth-order valence-electron chi connectivity index (χ4n) is 1.28. The minimum absolute atomic E-state index is 0.134. The van der Waals surface area contributed by atoms with E-state index in [0.717, 1.165) is 0 Å². The summed E-state index contributed by atoms with van der Waals surface area (Å²) in [5.41, 5.74) is 5.76. The first-order chi connectivity index (χ1) is 6.99. The summed E-state index contributed by atoms with van der Waals surface area (Å²) in [6.07, 6.45) is 0. The van der Waals surface area contributed by atoms with E-state index >= 15 is 0 Å². The van der Waals surface area contributed by atoms with Crippen LogP contribution in [0, 0.1) is 6.92 Å². The lowest BCUT2D eigenvalue weighted by Gasteiger charge is -2.10. The average molecular weight is 225 g/mol. The van der Waals surface area contributed by atoms with Gasteiger partial charge < -0.3 is 11.1 Å². The zero-order valence-electron chi connectivity index (χ0n) is 9.74. The van der Waals surface area contributed by atoms with Crippen molar-refractivity contribution in [2.75, 3.05) is 0 Å². The molecule has 0 aliphatic carbocycles. The summed E-state index contributed by atoms with van der Waals surface area (Å²) >= 11 is 1.77. The van der Waals surface area contributed by atoms with Crippen LogP contribution >= 0.6 is 11.3 Å². The van der Waals surface area contributed by atoms with Gasteiger partial charge in [0.25, 0.3) is 0 Å². The predicted molar refractivity (Wildman–Crippen MR) is 67.4 cm³/mol. The summed E-state index contributed by atoms with van der Waals surface area (Å²) < 4.78 is 0. The highest BCUT2D eigenvalue weighted by Gasteiger charge is 2.06. The van der Waals surface area contributed by atoms with Gasteiger partial charge in [-0.15, -0.1) is 11.3 Å². The van der Waals surface area contributed by atoms with Crippen LogP contribution in [0.4, 0.5) is 0 Å². The molecule has 1 rings (SSSR count). The van der Waals surface area contributed by atoms with E-state index in [0.29, 0.717) is 12.0 Å². The van der Waals surface area contributed by atoms with Crippen molar-refractivity contribution in [3.8, 4) is 0 Å². The van der Waals surface area contributed by atoms with Crippen LogP contribution in [-0.2, 0) is 0 Å². The van der Waals surface area contributed by atoms with Crippen molar-refractivity contribution in [3.63, 3.8) is 0 Å². The van der Waals surface area contributed by atoms with Crippen molar-refractivity contribution < 1.29 is 0 Å². The number of hydrogen-bond acceptors (Lipinski definition) is 2. The molecular formula is C11H19N3S. The van der Waals surface area contributed by atoms with Crippen LogP contribution in [0.1, 0.15) is 36.6 Å². The van der Waals surface area contributed by atoms with E-state index in [2.05, 4.69) is 36.3 Å². The third-order valence-corrected chi connectivity index (χ3v) is 3.11. The van der Waals surface area contributed by atoms with E-state index in [-0.39, 0.29) is 6.04 Å². The van der Waals surface area contributed by atoms with E-state index in [9.17, 15) is 0 Å². The fraction of sp³-hybridized carbons (Fsp3) is 0.545. The molecule has 15 heavy (non-hydrogen) atoms. The number of hydrogen-bond donors (Lipinski definition) is 2. The number of guanidine groups is 1. The Hall–Kier alpha value is -1.03. The van der Waals surface area contributed by atoms with E-state index in [1.54, 1.807) is 11.3 Å². The zero-order chi connectivity index (χ0) is 11.4. The number of nitrogens with one attached hydrogen (secondary N) is 1. The fourth-order valence-corrected chi connectivity index (χ4v) is 2.15. The Morgan fingerprint density at radius 3 is 2.53 bits per heavy atom. The topological polar surface area (TPSA) is 50.4 Å². The number of nitrogens with two attached hydrogens (primary N) is 1. The van der Waals surface area contributed by atoms with E-state index in [4.69, 9.17) is 5.73 Å². The van der Waals surface area contributed by atoms with Crippen molar-refractivity contribution in [2.24, 2.45) is 10.7 Å². The first-order valence-corrected chi connectivity index (χ1v) is 5.97. The monoisotopic (exact) mass is 225 g/mol. The molecule has 0 saturated heterocycles. The van der Waals surface area contributed by atoms with Gasteiger partial charge in [-0.1, -0.05) is 0 Å². The molecule has 1 unspecified atom stereocenters. The van der Waals surface area contributed by atoms with Crippen molar-refractivity contribution >= 4 is 17.3 Å². The Balaban J connectivity index is 2.65. The van der Waals surface area contributed by atoms with Crippen LogP contribution in [0.25, 0.3) is 0 Å². The Labute approximate surface area is 95.4 Å². The van der Waals surface area contributed by atoms with Crippen LogP contribution in [0.5, 0.6) is 0 Å². The number of thiophene rings is 1. The van der Waals surface area contributed by atoms with Crippen molar-refractivity contribution in [1.29, 1.82) is 0 Å². The summed E-state index contributed by atoms with van der Waals surface area (Å²) in [7, 11) is 0. The molecular weight excluding hydrogens is 206 g/mol. The smallest absolute Gasteiger partial charge is 0.189 e. The van der Waals surface area contributed by atoms with Crippen LogP contribution in [0.15, 0.2) is 17.1 Å². The quantitative estimate of drug-likeness (QED) is 0.613. The summed E-state index contributed by atoms with van der Waals surface area (Å²) in [6.45, 7) is 8.24. The second kappa shape index (κ2) is 5.16. The van der Waals surface area contributed by atoms with Crippen LogP contribution in [0.2, 0.25) is 0 Å². The van der Waals surface area contributed by atoms with Gasteiger partial charge in [-0.3, -0.25) is 0 Å². The molecule has 0 amide bonds. The minimum atomic E-state index is 0.134. The molecule has 1 aromatic rings. The summed E-state index contributed by atoms with van der Waals surface area (Å²) in [5.74, 6) is 0.517. The molecule has 1 heterocycles.